The number of benzene rings is 2. The van der Waals surface area contributed by atoms with Crippen LogP contribution in [-0.4, -0.2) is 5.78 Å². The van der Waals surface area contributed by atoms with Gasteiger partial charge in [0.25, 0.3) is 0 Å². The van der Waals surface area contributed by atoms with Crippen LogP contribution in [0.1, 0.15) is 33.8 Å². The largest absolute Gasteiger partial charge is 0.294 e. The molecular weight excluding hydrogens is 239 g/mol. The average molecular weight is 254 g/mol. The molecule has 96 valence electrons. The summed E-state index contributed by atoms with van der Waals surface area (Å²) >= 11 is 0. The van der Waals surface area contributed by atoms with E-state index >= 15 is 0 Å². The Kier molecular flexibility index (Phi) is 2.94. The Morgan fingerprint density at radius 2 is 1.89 bits per heavy atom. The van der Waals surface area contributed by atoms with Crippen molar-refractivity contribution in [1.29, 1.82) is 0 Å². The molecule has 0 amide bonds. The highest BCUT2D eigenvalue weighted by atomic mass is 19.1. The molecule has 3 rings (SSSR count). The Hall–Kier alpha value is -1.96. The molecule has 2 atom stereocenters. The summed E-state index contributed by atoms with van der Waals surface area (Å²) in [6, 6.07) is 14.7. The summed E-state index contributed by atoms with van der Waals surface area (Å²) in [7, 11) is 0. The molecule has 19 heavy (non-hydrogen) atoms. The molecule has 0 N–H and O–H groups in total. The van der Waals surface area contributed by atoms with E-state index in [4.69, 9.17) is 0 Å². The number of Topliss-reactive ketones (excluding diaryl/α,β-unsaturated/α-hetero) is 1. The van der Waals surface area contributed by atoms with Gasteiger partial charge in [0.15, 0.2) is 5.78 Å². The molecule has 2 aromatic carbocycles. The first-order chi connectivity index (χ1) is 9.16. The standard InChI is InChI=1S/C17H15FO/c1-11-7-8-16(18)15(9-11)17(19)14-10-13(14)12-5-3-2-4-6-12/h2-9,13-14H,10H2,1H3. The van der Waals surface area contributed by atoms with Crippen LogP contribution in [0.4, 0.5) is 4.39 Å². The van der Waals surface area contributed by atoms with Gasteiger partial charge in [-0.1, -0.05) is 42.0 Å². The third-order valence-electron chi connectivity index (χ3n) is 3.74. The van der Waals surface area contributed by atoms with Gasteiger partial charge in [-0.2, -0.15) is 0 Å². The van der Waals surface area contributed by atoms with Crippen molar-refractivity contribution >= 4 is 5.78 Å². The van der Waals surface area contributed by atoms with Gasteiger partial charge in [0, 0.05) is 5.92 Å². The van der Waals surface area contributed by atoms with Gasteiger partial charge in [0.2, 0.25) is 0 Å². The number of ketones is 1. The fourth-order valence-corrected chi connectivity index (χ4v) is 2.58. The van der Waals surface area contributed by atoms with Gasteiger partial charge >= 0.3 is 0 Å². The molecular formula is C17H15FO. The Labute approximate surface area is 112 Å². The van der Waals surface area contributed by atoms with Gasteiger partial charge in [-0.3, -0.25) is 4.79 Å². The predicted molar refractivity (Wildman–Crippen MR) is 72.8 cm³/mol. The average Bonchev–Trinajstić information content (AvgIpc) is 3.22. The minimum Gasteiger partial charge on any atom is -0.294 e. The maximum atomic E-state index is 13.7. The highest BCUT2D eigenvalue weighted by molar-refractivity contribution is 6.00. The Morgan fingerprint density at radius 3 is 2.63 bits per heavy atom. The Bertz CT molecular complexity index is 618. The van der Waals surface area contributed by atoms with Crippen molar-refractivity contribution in [3.8, 4) is 0 Å². The third kappa shape index (κ3) is 2.30. The molecule has 2 aromatic rings. The zero-order valence-electron chi connectivity index (χ0n) is 10.8. The molecule has 0 aliphatic heterocycles. The van der Waals surface area contributed by atoms with E-state index in [1.54, 1.807) is 12.1 Å². The molecule has 0 aromatic heterocycles. The van der Waals surface area contributed by atoms with Crippen LogP contribution in [0.5, 0.6) is 0 Å². The molecule has 0 heterocycles. The first kappa shape index (κ1) is 12.1. The molecule has 2 heteroatoms. The summed E-state index contributed by atoms with van der Waals surface area (Å²) in [5.41, 5.74) is 2.33. The second kappa shape index (κ2) is 4.61. The normalized spacial score (nSPS) is 21.2. The van der Waals surface area contributed by atoms with Crippen molar-refractivity contribution in [3.05, 3.63) is 71.0 Å². The van der Waals surface area contributed by atoms with Gasteiger partial charge in [0.05, 0.1) is 5.56 Å². The highest BCUT2D eigenvalue weighted by Crippen LogP contribution is 2.49. The molecule has 1 aliphatic rings. The molecule has 0 spiro atoms. The molecule has 0 bridgehead atoms. The van der Waals surface area contributed by atoms with Crippen LogP contribution >= 0.6 is 0 Å². The molecule has 2 unspecified atom stereocenters. The minimum atomic E-state index is -0.408. The summed E-state index contributed by atoms with van der Waals surface area (Å²) in [4.78, 5) is 12.3. The van der Waals surface area contributed by atoms with Crippen molar-refractivity contribution in [1.82, 2.24) is 0 Å². The van der Waals surface area contributed by atoms with Crippen molar-refractivity contribution in [2.24, 2.45) is 5.92 Å². The van der Waals surface area contributed by atoms with Crippen molar-refractivity contribution < 1.29 is 9.18 Å². The SMILES string of the molecule is Cc1ccc(F)c(C(=O)C2CC2c2ccccc2)c1. The fourth-order valence-electron chi connectivity index (χ4n) is 2.58. The van der Waals surface area contributed by atoms with E-state index in [2.05, 4.69) is 0 Å². The quantitative estimate of drug-likeness (QED) is 0.753. The van der Waals surface area contributed by atoms with E-state index in [9.17, 15) is 9.18 Å². The zero-order valence-corrected chi connectivity index (χ0v) is 10.8. The van der Waals surface area contributed by atoms with Gasteiger partial charge < -0.3 is 0 Å². The number of halogens is 1. The third-order valence-corrected chi connectivity index (χ3v) is 3.74. The maximum Gasteiger partial charge on any atom is 0.169 e. The Morgan fingerprint density at radius 1 is 1.16 bits per heavy atom. The maximum absolute atomic E-state index is 13.7. The topological polar surface area (TPSA) is 17.1 Å². The number of carbonyl (C=O) groups is 1. The lowest BCUT2D eigenvalue weighted by molar-refractivity contribution is 0.0961. The summed E-state index contributed by atoms with van der Waals surface area (Å²) in [6.07, 6.45) is 0.830. The summed E-state index contributed by atoms with van der Waals surface area (Å²) < 4.78 is 13.7. The lowest BCUT2D eigenvalue weighted by atomic mass is 10.0. The van der Waals surface area contributed by atoms with E-state index in [0.29, 0.717) is 0 Å². The van der Waals surface area contributed by atoms with Crippen LogP contribution in [0.15, 0.2) is 48.5 Å². The molecule has 1 nitrogen and oxygen atoms in total. The molecule has 1 saturated carbocycles. The molecule has 1 aliphatic carbocycles. The van der Waals surface area contributed by atoms with Crippen molar-refractivity contribution in [2.45, 2.75) is 19.3 Å². The van der Waals surface area contributed by atoms with Gasteiger partial charge in [0.1, 0.15) is 5.82 Å². The highest BCUT2D eigenvalue weighted by Gasteiger charge is 2.44. The zero-order chi connectivity index (χ0) is 13.4. The first-order valence-corrected chi connectivity index (χ1v) is 6.52. The van der Waals surface area contributed by atoms with Crippen LogP contribution in [0, 0.1) is 18.7 Å². The number of hydrogen-bond acceptors (Lipinski definition) is 1. The second-order valence-electron chi connectivity index (χ2n) is 5.21. The van der Waals surface area contributed by atoms with Crippen LogP contribution in [-0.2, 0) is 0 Å². The summed E-state index contributed by atoms with van der Waals surface area (Å²) in [5, 5.41) is 0. The lowest BCUT2D eigenvalue weighted by Gasteiger charge is -2.04. The smallest absolute Gasteiger partial charge is 0.169 e. The van der Waals surface area contributed by atoms with Gasteiger partial charge in [-0.15, -0.1) is 0 Å². The lowest BCUT2D eigenvalue weighted by Crippen LogP contribution is -2.06. The number of carbonyl (C=O) groups excluding carboxylic acids is 1. The Balaban J connectivity index is 1.82. The summed E-state index contributed by atoms with van der Waals surface area (Å²) in [5.74, 6) is -0.267. The number of rotatable bonds is 3. The molecule has 1 fully saturated rings. The molecule has 0 saturated heterocycles. The van der Waals surface area contributed by atoms with Crippen LogP contribution in [0.2, 0.25) is 0 Å². The van der Waals surface area contributed by atoms with Gasteiger partial charge in [-0.05, 0) is 37.0 Å². The fraction of sp³-hybridized carbons (Fsp3) is 0.235. The first-order valence-electron chi connectivity index (χ1n) is 6.52. The van der Waals surface area contributed by atoms with Crippen molar-refractivity contribution in [3.63, 3.8) is 0 Å². The van der Waals surface area contributed by atoms with Crippen LogP contribution in [0.25, 0.3) is 0 Å². The van der Waals surface area contributed by atoms with Crippen molar-refractivity contribution in [2.75, 3.05) is 0 Å². The summed E-state index contributed by atoms with van der Waals surface area (Å²) in [6.45, 7) is 1.87. The van der Waals surface area contributed by atoms with Crippen LogP contribution in [0.3, 0.4) is 0 Å². The second-order valence-corrected chi connectivity index (χ2v) is 5.21. The van der Waals surface area contributed by atoms with Crippen LogP contribution < -0.4 is 0 Å². The van der Waals surface area contributed by atoms with E-state index in [1.807, 2.05) is 37.3 Å². The minimum absolute atomic E-state index is 0.0568. The van der Waals surface area contributed by atoms with E-state index in [1.165, 1.54) is 11.6 Å². The van der Waals surface area contributed by atoms with E-state index in [0.717, 1.165) is 12.0 Å². The van der Waals surface area contributed by atoms with E-state index in [-0.39, 0.29) is 23.2 Å². The number of aryl methyl sites for hydroxylation is 1. The predicted octanol–water partition coefficient (Wildman–Crippen LogP) is 4.12. The van der Waals surface area contributed by atoms with Gasteiger partial charge in [-0.25, -0.2) is 4.39 Å². The monoisotopic (exact) mass is 254 g/mol. The number of hydrogen-bond donors (Lipinski definition) is 0. The van der Waals surface area contributed by atoms with E-state index < -0.39 is 5.82 Å². The molecule has 0 radical (unpaired) electrons.